The van der Waals surface area contributed by atoms with Crippen molar-refractivity contribution in [3.8, 4) is 22.6 Å². The maximum absolute atomic E-state index is 14.2. The van der Waals surface area contributed by atoms with Gasteiger partial charge < -0.3 is 27.9 Å². The van der Waals surface area contributed by atoms with Crippen molar-refractivity contribution < 1.29 is 23.2 Å². The molecule has 4 heterocycles. The van der Waals surface area contributed by atoms with E-state index >= 15 is 0 Å². The molecular formula is C36H33N3O5. The van der Waals surface area contributed by atoms with Crippen molar-refractivity contribution in [1.82, 2.24) is 14.6 Å². The average Bonchev–Trinajstić information content (AvgIpc) is 3.77. The van der Waals surface area contributed by atoms with E-state index in [4.69, 9.17) is 18.4 Å². The van der Waals surface area contributed by atoms with Crippen molar-refractivity contribution in [2.45, 2.75) is 26.8 Å². The minimum atomic E-state index is -0.184. The number of aryl methyl sites for hydroxylation is 2. The van der Waals surface area contributed by atoms with Crippen LogP contribution in [-0.4, -0.2) is 46.9 Å². The zero-order chi connectivity index (χ0) is 30.0. The summed E-state index contributed by atoms with van der Waals surface area (Å²) in [5.41, 5.74) is 7.52. The van der Waals surface area contributed by atoms with Crippen LogP contribution < -0.4 is 4.74 Å². The Bertz CT molecular complexity index is 1920. The van der Waals surface area contributed by atoms with Gasteiger partial charge in [0.1, 0.15) is 29.4 Å². The van der Waals surface area contributed by atoms with Crippen molar-refractivity contribution in [2.24, 2.45) is 0 Å². The molecule has 0 spiro atoms. The number of benzene rings is 3. The molecule has 44 heavy (non-hydrogen) atoms. The molecule has 222 valence electrons. The van der Waals surface area contributed by atoms with Crippen LogP contribution in [0.1, 0.15) is 38.7 Å². The molecule has 8 heteroatoms. The predicted molar refractivity (Wildman–Crippen MR) is 167 cm³/mol. The maximum Gasteiger partial charge on any atom is 0.292 e. The normalized spacial score (nSPS) is 14.2. The van der Waals surface area contributed by atoms with E-state index in [0.717, 1.165) is 56.1 Å². The lowest BCUT2D eigenvalue weighted by Gasteiger charge is -2.23. The second kappa shape index (κ2) is 11.9. The minimum absolute atomic E-state index is 0.184. The summed E-state index contributed by atoms with van der Waals surface area (Å²) >= 11 is 0. The summed E-state index contributed by atoms with van der Waals surface area (Å²) in [6, 6.07) is 26.2. The Morgan fingerprint density at radius 2 is 1.70 bits per heavy atom. The smallest absolute Gasteiger partial charge is 0.292 e. The number of amides is 1. The van der Waals surface area contributed by atoms with Gasteiger partial charge in [0.2, 0.25) is 5.76 Å². The summed E-state index contributed by atoms with van der Waals surface area (Å²) < 4.78 is 25.8. The van der Waals surface area contributed by atoms with Gasteiger partial charge in [-0.25, -0.2) is 0 Å². The summed E-state index contributed by atoms with van der Waals surface area (Å²) in [5.74, 6) is 1.74. The first kappa shape index (κ1) is 27.7. The molecule has 6 aromatic rings. The summed E-state index contributed by atoms with van der Waals surface area (Å²) in [6.45, 7) is 5.87. The number of furan rings is 1. The molecule has 2 bridgehead atoms. The van der Waals surface area contributed by atoms with Crippen LogP contribution in [0, 0.1) is 13.8 Å². The Labute approximate surface area is 255 Å². The molecule has 8 nitrogen and oxygen atoms in total. The number of para-hydroxylation sites is 1. The molecule has 7 rings (SSSR count). The van der Waals surface area contributed by atoms with E-state index in [1.165, 1.54) is 0 Å². The van der Waals surface area contributed by atoms with Crippen LogP contribution in [0.3, 0.4) is 0 Å². The van der Waals surface area contributed by atoms with Crippen molar-refractivity contribution in [3.05, 3.63) is 125 Å². The van der Waals surface area contributed by atoms with Gasteiger partial charge in [0, 0.05) is 42.9 Å². The van der Waals surface area contributed by atoms with Crippen molar-refractivity contribution in [2.75, 3.05) is 26.4 Å². The van der Waals surface area contributed by atoms with E-state index in [1.807, 2.05) is 79.3 Å². The first-order valence-corrected chi connectivity index (χ1v) is 14.8. The van der Waals surface area contributed by atoms with E-state index in [0.29, 0.717) is 50.7 Å². The first-order valence-electron chi connectivity index (χ1n) is 14.8. The lowest BCUT2D eigenvalue weighted by molar-refractivity contribution is 0.0549. The largest absolute Gasteiger partial charge is 0.491 e. The summed E-state index contributed by atoms with van der Waals surface area (Å²) in [7, 11) is 0. The van der Waals surface area contributed by atoms with Crippen LogP contribution in [0.2, 0.25) is 0 Å². The van der Waals surface area contributed by atoms with Gasteiger partial charge in [0.15, 0.2) is 0 Å². The molecule has 0 fully saturated rings. The van der Waals surface area contributed by atoms with E-state index in [-0.39, 0.29) is 5.91 Å². The predicted octanol–water partition coefficient (Wildman–Crippen LogP) is 7.14. The Hall–Kier alpha value is -5.08. The fourth-order valence-corrected chi connectivity index (χ4v) is 5.99. The van der Waals surface area contributed by atoms with Gasteiger partial charge in [-0.3, -0.25) is 4.79 Å². The topological polar surface area (TPSA) is 82.9 Å². The molecule has 0 aliphatic carbocycles. The highest BCUT2D eigenvalue weighted by atomic mass is 16.5. The second-order valence-electron chi connectivity index (χ2n) is 11.1. The zero-order valence-corrected chi connectivity index (χ0v) is 24.8. The number of carbonyl (C=O) groups is 1. The molecule has 3 aromatic heterocycles. The van der Waals surface area contributed by atoms with Gasteiger partial charge in [-0.1, -0.05) is 47.6 Å². The fourth-order valence-electron chi connectivity index (χ4n) is 5.99. The lowest BCUT2D eigenvalue weighted by Crippen LogP contribution is -2.34. The molecule has 1 amide bonds. The van der Waals surface area contributed by atoms with Gasteiger partial charge in [-0.2, -0.15) is 0 Å². The Morgan fingerprint density at radius 3 is 2.55 bits per heavy atom. The van der Waals surface area contributed by atoms with Crippen LogP contribution >= 0.6 is 0 Å². The third kappa shape index (κ3) is 5.40. The molecule has 1 aliphatic rings. The number of ether oxygens (including phenoxy) is 2. The van der Waals surface area contributed by atoms with Crippen LogP contribution in [0.5, 0.6) is 5.75 Å². The molecule has 1 aliphatic heterocycles. The van der Waals surface area contributed by atoms with Crippen LogP contribution in [0.25, 0.3) is 27.8 Å². The van der Waals surface area contributed by atoms with Gasteiger partial charge in [0.05, 0.1) is 18.9 Å². The number of rotatable bonds is 3. The molecule has 0 N–H and O–H groups in total. The average molecular weight is 588 g/mol. The zero-order valence-electron chi connectivity index (χ0n) is 24.8. The molecule has 0 radical (unpaired) electrons. The van der Waals surface area contributed by atoms with Crippen molar-refractivity contribution in [1.29, 1.82) is 0 Å². The highest BCUT2D eigenvalue weighted by Gasteiger charge is 2.27. The highest BCUT2D eigenvalue weighted by Crippen LogP contribution is 2.33. The van der Waals surface area contributed by atoms with E-state index in [9.17, 15) is 4.79 Å². The molecule has 0 saturated carbocycles. The van der Waals surface area contributed by atoms with E-state index < -0.39 is 0 Å². The standard InChI is InChI=1S/C36H33N3O5/c1-24-33(25(2)44-37-24)28-12-13-31-29(22-28)21-26-8-7-9-27(20-26)23-39(16-17-41-18-19-42-31)36(40)35-34(38-14-5-6-15-38)30-10-3-4-11-32(30)43-35/h3-15,20,22H,16-19,21,23H2,1-2H3. The Kier molecular flexibility index (Phi) is 7.50. The maximum atomic E-state index is 14.2. The van der Waals surface area contributed by atoms with Crippen LogP contribution in [0.4, 0.5) is 0 Å². The minimum Gasteiger partial charge on any atom is -0.491 e. The van der Waals surface area contributed by atoms with Crippen molar-refractivity contribution >= 4 is 16.9 Å². The van der Waals surface area contributed by atoms with Crippen LogP contribution in [-0.2, 0) is 17.7 Å². The van der Waals surface area contributed by atoms with Crippen LogP contribution in [0.15, 0.2) is 100 Å². The monoisotopic (exact) mass is 587 g/mol. The Balaban J connectivity index is 1.23. The SMILES string of the molecule is Cc1noc(C)c1-c1ccc2c(c1)Cc1cccc(c1)CN(C(=O)c1oc3ccccc3c1-n1cccc1)CCOCCO2. The lowest BCUT2D eigenvalue weighted by atomic mass is 9.96. The summed E-state index contributed by atoms with van der Waals surface area (Å²) in [4.78, 5) is 16.0. The van der Waals surface area contributed by atoms with Crippen molar-refractivity contribution in [3.63, 3.8) is 0 Å². The molecule has 0 atom stereocenters. The number of fused-ring (bicyclic) bond motifs is 4. The van der Waals surface area contributed by atoms with Gasteiger partial charge >= 0.3 is 0 Å². The molecule has 0 saturated heterocycles. The van der Waals surface area contributed by atoms with Gasteiger partial charge in [-0.05, 0) is 72.5 Å². The molecular weight excluding hydrogens is 554 g/mol. The van der Waals surface area contributed by atoms with Gasteiger partial charge in [0.25, 0.3) is 5.91 Å². The molecule has 3 aromatic carbocycles. The number of carbonyl (C=O) groups excluding carboxylic acids is 1. The number of nitrogens with zero attached hydrogens (tertiary/aromatic N) is 3. The fraction of sp³-hybridized carbons (Fsp3) is 0.222. The quantitative estimate of drug-likeness (QED) is 0.219. The summed E-state index contributed by atoms with van der Waals surface area (Å²) in [5, 5.41) is 5.03. The number of hydrogen-bond donors (Lipinski definition) is 0. The summed E-state index contributed by atoms with van der Waals surface area (Å²) in [6.07, 6.45) is 4.52. The molecule has 0 unspecified atom stereocenters. The van der Waals surface area contributed by atoms with Gasteiger partial charge in [-0.15, -0.1) is 0 Å². The van der Waals surface area contributed by atoms with E-state index in [2.05, 4.69) is 35.5 Å². The highest BCUT2D eigenvalue weighted by molar-refractivity contribution is 6.03. The third-order valence-electron chi connectivity index (χ3n) is 8.05. The Morgan fingerprint density at radius 1 is 0.864 bits per heavy atom. The second-order valence-corrected chi connectivity index (χ2v) is 11.1. The number of hydrogen-bond acceptors (Lipinski definition) is 6. The number of aromatic nitrogens is 2. The van der Waals surface area contributed by atoms with E-state index in [1.54, 1.807) is 4.90 Å². The third-order valence-corrected chi connectivity index (χ3v) is 8.05. The first-order chi connectivity index (χ1) is 21.5.